The molecule has 0 unspecified atom stereocenters. The van der Waals surface area contributed by atoms with Gasteiger partial charge in [0.25, 0.3) is 0 Å². The van der Waals surface area contributed by atoms with Gasteiger partial charge in [-0.3, -0.25) is 4.79 Å². The fourth-order valence-electron chi connectivity index (χ4n) is 3.70. The van der Waals surface area contributed by atoms with Crippen molar-refractivity contribution >= 4 is 34.3 Å². The van der Waals surface area contributed by atoms with Crippen LogP contribution in [-0.2, 0) is 19.1 Å². The third-order valence-corrected chi connectivity index (χ3v) is 5.70. The molecule has 0 amide bonds. The minimum Gasteiger partial charge on any atom is -0.490 e. The highest BCUT2D eigenvalue weighted by molar-refractivity contribution is 14.1. The van der Waals surface area contributed by atoms with E-state index in [-0.39, 0.29) is 17.2 Å². The van der Waals surface area contributed by atoms with Crippen LogP contribution in [0.3, 0.4) is 0 Å². The number of rotatable bonds is 7. The number of esters is 1. The number of carbonyl (C=O) groups is 2. The molecule has 1 aromatic rings. The topological polar surface area (TPSA) is 97.1 Å². The molecule has 1 aromatic carbocycles. The van der Waals surface area contributed by atoms with E-state index in [1.165, 1.54) is 7.11 Å². The van der Waals surface area contributed by atoms with Gasteiger partial charge in [-0.25, -0.2) is 4.79 Å². The number of hydrogen-bond donors (Lipinski definition) is 1. The van der Waals surface area contributed by atoms with Crippen LogP contribution >= 0.6 is 22.6 Å². The Balaban J connectivity index is 2.21. The van der Waals surface area contributed by atoms with Crippen molar-refractivity contribution < 1.29 is 28.5 Å². The second kappa shape index (κ2) is 9.55. The molecule has 1 heterocycles. The van der Waals surface area contributed by atoms with Crippen LogP contribution in [0.1, 0.15) is 37.7 Å². The van der Waals surface area contributed by atoms with Gasteiger partial charge in [-0.15, -0.1) is 0 Å². The average Bonchev–Trinajstić information content (AvgIpc) is 2.72. The molecule has 0 saturated heterocycles. The predicted octanol–water partition coefficient (Wildman–Crippen LogP) is 3.72. The number of Topliss-reactive ketones (excluding diaryl/α,β-unsaturated/α-hetero) is 1. The summed E-state index contributed by atoms with van der Waals surface area (Å²) in [4.78, 5) is 25.5. The van der Waals surface area contributed by atoms with Crippen molar-refractivity contribution in [2.45, 2.75) is 32.1 Å². The number of halogens is 1. The Kier molecular flexibility index (Phi) is 7.06. The fraction of sp³-hybridized carbons (Fsp3) is 0.364. The second-order valence-electron chi connectivity index (χ2n) is 6.78. The molecule has 3 rings (SSSR count). The molecule has 0 radical (unpaired) electrons. The minimum atomic E-state index is -0.699. The third-order valence-electron chi connectivity index (χ3n) is 4.90. The van der Waals surface area contributed by atoms with Gasteiger partial charge in [0.05, 0.1) is 23.2 Å². The number of ketones is 1. The Morgan fingerprint density at radius 2 is 2.13 bits per heavy atom. The Bertz CT molecular complexity index is 949. The van der Waals surface area contributed by atoms with Crippen LogP contribution in [-0.4, -0.2) is 32.1 Å². The van der Waals surface area contributed by atoms with Gasteiger partial charge in [-0.2, -0.15) is 0 Å². The highest BCUT2D eigenvalue weighted by Crippen LogP contribution is 2.46. The lowest BCUT2D eigenvalue weighted by Gasteiger charge is -2.32. The molecule has 0 spiro atoms. The van der Waals surface area contributed by atoms with E-state index >= 15 is 0 Å². The number of carbonyl (C=O) groups excluding carboxylic acids is 2. The quantitative estimate of drug-likeness (QED) is 0.329. The van der Waals surface area contributed by atoms with E-state index < -0.39 is 11.9 Å². The summed E-state index contributed by atoms with van der Waals surface area (Å²) in [7, 11) is 1.27. The van der Waals surface area contributed by atoms with Gasteiger partial charge in [0.2, 0.25) is 5.88 Å². The zero-order chi connectivity index (χ0) is 21.8. The molecule has 30 heavy (non-hydrogen) atoms. The molecule has 0 saturated carbocycles. The number of benzene rings is 1. The first kappa shape index (κ1) is 22.2. The van der Waals surface area contributed by atoms with Gasteiger partial charge in [0.1, 0.15) is 17.9 Å². The molecule has 0 aromatic heterocycles. The molecule has 2 aliphatic rings. The lowest BCUT2D eigenvalue weighted by molar-refractivity contribution is -0.136. The van der Waals surface area contributed by atoms with Gasteiger partial charge in [-0.05, 0) is 53.6 Å². The molecule has 160 valence electrons. The number of hydrogen-bond acceptors (Lipinski definition) is 7. The SMILES string of the molecule is C=CCOc1c(I)cc([C@@H]2C(C(=O)OC)=C(N)OC3=C2C(=O)CCC3)cc1OCC. The van der Waals surface area contributed by atoms with E-state index in [4.69, 9.17) is 24.7 Å². The summed E-state index contributed by atoms with van der Waals surface area (Å²) < 4.78 is 23.0. The summed E-state index contributed by atoms with van der Waals surface area (Å²) in [5.74, 6) is 0.170. The predicted molar refractivity (Wildman–Crippen MR) is 119 cm³/mol. The standard InChI is InChI=1S/C22H24INO6/c1-4-9-29-20-13(23)10-12(11-16(20)28-5-2)17-18-14(25)7-6-8-15(18)30-21(24)19(17)22(26)27-3/h4,10-11,17H,1,5-9,24H2,2-3H3/t17-/m0/s1. The van der Waals surface area contributed by atoms with Gasteiger partial charge in [0.15, 0.2) is 17.3 Å². The maximum Gasteiger partial charge on any atom is 0.340 e. The van der Waals surface area contributed by atoms with Crippen molar-refractivity contribution in [2.75, 3.05) is 20.3 Å². The van der Waals surface area contributed by atoms with E-state index in [9.17, 15) is 9.59 Å². The van der Waals surface area contributed by atoms with Crippen molar-refractivity contribution in [1.82, 2.24) is 0 Å². The normalized spacial score (nSPS) is 18.5. The molecule has 1 aliphatic heterocycles. The molecule has 1 atom stereocenters. The first-order valence-corrected chi connectivity index (χ1v) is 10.7. The zero-order valence-electron chi connectivity index (χ0n) is 17.0. The fourth-order valence-corrected chi connectivity index (χ4v) is 4.48. The first-order chi connectivity index (χ1) is 14.4. The summed E-state index contributed by atoms with van der Waals surface area (Å²) in [6.07, 6.45) is 3.31. The van der Waals surface area contributed by atoms with Gasteiger partial charge in [0, 0.05) is 18.4 Å². The van der Waals surface area contributed by atoms with E-state index in [0.717, 1.165) is 3.57 Å². The Labute approximate surface area is 189 Å². The number of methoxy groups -OCH3 is 1. The smallest absolute Gasteiger partial charge is 0.340 e. The molecular weight excluding hydrogens is 501 g/mol. The Hall–Kier alpha value is -2.49. The second-order valence-corrected chi connectivity index (χ2v) is 7.94. The average molecular weight is 525 g/mol. The summed E-state index contributed by atoms with van der Waals surface area (Å²) in [5.41, 5.74) is 7.36. The summed E-state index contributed by atoms with van der Waals surface area (Å²) in [5, 5.41) is 0. The molecule has 7 nitrogen and oxygen atoms in total. The van der Waals surface area contributed by atoms with E-state index in [1.807, 2.05) is 13.0 Å². The van der Waals surface area contributed by atoms with Crippen molar-refractivity contribution in [2.24, 2.45) is 5.73 Å². The number of allylic oxidation sites excluding steroid dienone is 2. The maximum absolute atomic E-state index is 12.9. The largest absolute Gasteiger partial charge is 0.490 e. The molecular formula is C22H24INO6. The van der Waals surface area contributed by atoms with E-state index in [0.29, 0.717) is 60.9 Å². The highest BCUT2D eigenvalue weighted by atomic mass is 127. The molecule has 8 heteroatoms. The monoisotopic (exact) mass is 525 g/mol. The number of ether oxygens (including phenoxy) is 4. The zero-order valence-corrected chi connectivity index (χ0v) is 19.1. The van der Waals surface area contributed by atoms with Crippen LogP contribution in [0.4, 0.5) is 0 Å². The minimum absolute atomic E-state index is 0.0414. The summed E-state index contributed by atoms with van der Waals surface area (Å²) in [6.45, 7) is 6.29. The van der Waals surface area contributed by atoms with Crippen LogP contribution in [0.2, 0.25) is 0 Å². The summed E-state index contributed by atoms with van der Waals surface area (Å²) in [6, 6.07) is 3.64. The van der Waals surface area contributed by atoms with Crippen LogP contribution in [0, 0.1) is 3.57 Å². The summed E-state index contributed by atoms with van der Waals surface area (Å²) >= 11 is 2.14. The Morgan fingerprint density at radius 1 is 1.37 bits per heavy atom. The highest BCUT2D eigenvalue weighted by Gasteiger charge is 2.41. The third kappa shape index (κ3) is 4.19. The van der Waals surface area contributed by atoms with Crippen molar-refractivity contribution in [1.29, 1.82) is 0 Å². The lowest BCUT2D eigenvalue weighted by Crippen LogP contribution is -2.31. The van der Waals surface area contributed by atoms with Crippen molar-refractivity contribution in [3.05, 3.63) is 56.7 Å². The first-order valence-electron chi connectivity index (χ1n) is 9.64. The van der Waals surface area contributed by atoms with Crippen LogP contribution in [0.5, 0.6) is 11.5 Å². The van der Waals surface area contributed by atoms with Gasteiger partial charge >= 0.3 is 5.97 Å². The van der Waals surface area contributed by atoms with Crippen LogP contribution in [0.25, 0.3) is 0 Å². The van der Waals surface area contributed by atoms with Gasteiger partial charge in [-0.1, -0.05) is 12.7 Å². The van der Waals surface area contributed by atoms with Crippen LogP contribution in [0.15, 0.2) is 47.6 Å². The molecule has 2 N–H and O–H groups in total. The molecule has 1 aliphatic carbocycles. The number of nitrogens with two attached hydrogens (primary N) is 1. The van der Waals surface area contributed by atoms with Crippen LogP contribution < -0.4 is 15.2 Å². The van der Waals surface area contributed by atoms with Gasteiger partial charge < -0.3 is 24.7 Å². The van der Waals surface area contributed by atoms with Crippen molar-refractivity contribution in [3.8, 4) is 11.5 Å². The lowest BCUT2D eigenvalue weighted by atomic mass is 9.77. The Morgan fingerprint density at radius 3 is 2.80 bits per heavy atom. The maximum atomic E-state index is 12.9. The van der Waals surface area contributed by atoms with E-state index in [1.54, 1.807) is 12.1 Å². The molecule has 0 fully saturated rings. The molecule has 0 bridgehead atoms. The van der Waals surface area contributed by atoms with E-state index in [2.05, 4.69) is 29.2 Å². The van der Waals surface area contributed by atoms with Crippen molar-refractivity contribution in [3.63, 3.8) is 0 Å².